The van der Waals surface area contributed by atoms with Crippen molar-refractivity contribution in [3.63, 3.8) is 0 Å². The van der Waals surface area contributed by atoms with Crippen LogP contribution in [0.2, 0.25) is 5.02 Å². The number of nitrogen functional groups attached to an aromatic ring is 1. The zero-order valence-electron chi connectivity index (χ0n) is 11.6. The summed E-state index contributed by atoms with van der Waals surface area (Å²) in [4.78, 5) is 15.8. The molecule has 0 bridgehead atoms. The number of pyridine rings is 1. The third-order valence-corrected chi connectivity index (χ3v) is 4.70. The molecule has 0 amide bonds. The Labute approximate surface area is 131 Å². The van der Waals surface area contributed by atoms with E-state index in [-0.39, 0.29) is 10.6 Å². The minimum atomic E-state index is -0.371. The highest BCUT2D eigenvalue weighted by atomic mass is 35.5. The Kier molecular flexibility index (Phi) is 4.69. The topological polar surface area (TPSA) is 82.0 Å². The second-order valence-electron chi connectivity index (χ2n) is 4.57. The molecule has 0 aliphatic carbocycles. The smallest absolute Gasteiger partial charge is 0.278 e. The first-order valence-corrected chi connectivity index (χ1v) is 7.54. The van der Waals surface area contributed by atoms with Gasteiger partial charge in [0.2, 0.25) is 0 Å². The number of nitrogens with zero attached hydrogens (tertiary/aromatic N) is 2. The van der Waals surface area contributed by atoms with Crippen LogP contribution in [-0.2, 0) is 5.75 Å². The maximum atomic E-state index is 11.1. The zero-order chi connectivity index (χ0) is 15.6. The number of nitro groups is 1. The quantitative estimate of drug-likeness (QED) is 0.396. The molecule has 0 atom stereocenters. The second kappa shape index (κ2) is 6.32. The fourth-order valence-electron chi connectivity index (χ4n) is 2.01. The first-order valence-electron chi connectivity index (χ1n) is 6.18. The standard InChI is InChI=1S/C14H14ClN3O2S/c1-8-6-17-12(9(2)13(8)18(19)20)7-21-14-10(15)4-3-5-11(14)16/h3-6H,7,16H2,1-2H3. The number of aromatic nitrogens is 1. The van der Waals surface area contributed by atoms with Gasteiger partial charge in [-0.3, -0.25) is 15.1 Å². The molecule has 0 aliphatic heterocycles. The molecule has 0 unspecified atom stereocenters. The Hall–Kier alpha value is -1.79. The van der Waals surface area contributed by atoms with Crippen LogP contribution in [-0.4, -0.2) is 9.91 Å². The minimum absolute atomic E-state index is 0.118. The summed E-state index contributed by atoms with van der Waals surface area (Å²) in [6, 6.07) is 5.31. The molecule has 2 aromatic rings. The van der Waals surface area contributed by atoms with E-state index in [9.17, 15) is 10.1 Å². The van der Waals surface area contributed by atoms with E-state index in [0.717, 1.165) is 4.90 Å². The van der Waals surface area contributed by atoms with E-state index in [1.807, 2.05) is 0 Å². The molecule has 0 aliphatic rings. The molecule has 0 radical (unpaired) electrons. The van der Waals surface area contributed by atoms with Crippen molar-refractivity contribution in [3.8, 4) is 0 Å². The third-order valence-electron chi connectivity index (χ3n) is 3.11. The van der Waals surface area contributed by atoms with Crippen molar-refractivity contribution in [2.45, 2.75) is 24.5 Å². The van der Waals surface area contributed by atoms with E-state index < -0.39 is 0 Å². The van der Waals surface area contributed by atoms with Gasteiger partial charge < -0.3 is 5.73 Å². The highest BCUT2D eigenvalue weighted by molar-refractivity contribution is 7.98. The first kappa shape index (κ1) is 15.6. The second-order valence-corrected chi connectivity index (χ2v) is 5.96. The van der Waals surface area contributed by atoms with Crippen LogP contribution in [0.5, 0.6) is 0 Å². The van der Waals surface area contributed by atoms with Gasteiger partial charge in [-0.05, 0) is 26.0 Å². The number of aryl methyl sites for hydroxylation is 1. The summed E-state index contributed by atoms with van der Waals surface area (Å²) in [7, 11) is 0. The molecule has 2 rings (SSSR count). The van der Waals surface area contributed by atoms with Crippen LogP contribution < -0.4 is 5.73 Å². The monoisotopic (exact) mass is 323 g/mol. The summed E-state index contributed by atoms with van der Waals surface area (Å²) in [6.45, 7) is 3.39. The van der Waals surface area contributed by atoms with Crippen molar-refractivity contribution in [1.82, 2.24) is 4.98 Å². The largest absolute Gasteiger partial charge is 0.398 e. The number of hydrogen-bond donors (Lipinski definition) is 1. The Morgan fingerprint density at radius 1 is 1.43 bits per heavy atom. The third kappa shape index (κ3) is 3.28. The van der Waals surface area contributed by atoms with Gasteiger partial charge >= 0.3 is 0 Å². The molecular formula is C14H14ClN3O2S. The molecule has 0 spiro atoms. The van der Waals surface area contributed by atoms with E-state index in [0.29, 0.717) is 33.3 Å². The molecule has 7 heteroatoms. The number of anilines is 1. The summed E-state index contributed by atoms with van der Waals surface area (Å²) in [5.41, 5.74) is 8.40. The van der Waals surface area contributed by atoms with Gasteiger partial charge in [0.15, 0.2) is 0 Å². The van der Waals surface area contributed by atoms with E-state index in [2.05, 4.69) is 4.98 Å². The van der Waals surface area contributed by atoms with Crippen LogP contribution in [0.15, 0.2) is 29.3 Å². The minimum Gasteiger partial charge on any atom is -0.398 e. The van der Waals surface area contributed by atoms with E-state index >= 15 is 0 Å². The van der Waals surface area contributed by atoms with Crippen molar-refractivity contribution in [3.05, 3.63) is 56.4 Å². The van der Waals surface area contributed by atoms with Crippen LogP contribution in [0.3, 0.4) is 0 Å². The summed E-state index contributed by atoms with van der Waals surface area (Å²) in [5.74, 6) is 0.473. The first-order chi connectivity index (χ1) is 9.91. The van der Waals surface area contributed by atoms with Crippen molar-refractivity contribution >= 4 is 34.7 Å². The van der Waals surface area contributed by atoms with Gasteiger partial charge in [-0.2, -0.15) is 0 Å². The molecule has 110 valence electrons. The number of halogens is 1. The SMILES string of the molecule is Cc1cnc(CSc2c(N)cccc2Cl)c(C)c1[N+](=O)[O-]. The number of hydrogen-bond acceptors (Lipinski definition) is 5. The molecule has 1 aromatic heterocycles. The van der Waals surface area contributed by atoms with Crippen LogP contribution >= 0.6 is 23.4 Å². The van der Waals surface area contributed by atoms with Crippen molar-refractivity contribution in [2.75, 3.05) is 5.73 Å². The molecular weight excluding hydrogens is 310 g/mol. The Balaban J connectivity index is 2.29. The van der Waals surface area contributed by atoms with Crippen molar-refractivity contribution in [2.24, 2.45) is 0 Å². The summed E-state index contributed by atoms with van der Waals surface area (Å²) in [6.07, 6.45) is 1.52. The lowest BCUT2D eigenvalue weighted by molar-refractivity contribution is -0.386. The molecule has 1 aromatic carbocycles. The number of nitrogens with two attached hydrogens (primary N) is 1. The predicted molar refractivity (Wildman–Crippen MR) is 85.8 cm³/mol. The highest BCUT2D eigenvalue weighted by Crippen LogP contribution is 2.35. The van der Waals surface area contributed by atoms with Gasteiger partial charge in [-0.15, -0.1) is 11.8 Å². The number of thioether (sulfide) groups is 1. The van der Waals surface area contributed by atoms with Crippen LogP contribution in [0.4, 0.5) is 11.4 Å². The van der Waals surface area contributed by atoms with E-state index in [1.54, 1.807) is 32.0 Å². The van der Waals surface area contributed by atoms with Gasteiger partial charge in [-0.1, -0.05) is 17.7 Å². The fourth-order valence-corrected chi connectivity index (χ4v) is 3.37. The highest BCUT2D eigenvalue weighted by Gasteiger charge is 2.19. The van der Waals surface area contributed by atoms with E-state index in [4.69, 9.17) is 17.3 Å². The van der Waals surface area contributed by atoms with Crippen LogP contribution in [0.25, 0.3) is 0 Å². The lowest BCUT2D eigenvalue weighted by Crippen LogP contribution is -2.01. The fraction of sp³-hybridized carbons (Fsp3) is 0.214. The van der Waals surface area contributed by atoms with Crippen LogP contribution in [0, 0.1) is 24.0 Å². The van der Waals surface area contributed by atoms with Gasteiger partial charge in [0, 0.05) is 33.7 Å². The normalized spacial score (nSPS) is 10.6. The maximum absolute atomic E-state index is 11.1. The average molecular weight is 324 g/mol. The Morgan fingerprint density at radius 3 is 2.76 bits per heavy atom. The molecule has 2 N–H and O–H groups in total. The van der Waals surface area contributed by atoms with Gasteiger partial charge in [0.25, 0.3) is 5.69 Å². The Morgan fingerprint density at radius 2 is 2.14 bits per heavy atom. The average Bonchev–Trinajstić information content (AvgIpc) is 2.40. The van der Waals surface area contributed by atoms with Crippen molar-refractivity contribution in [1.29, 1.82) is 0 Å². The summed E-state index contributed by atoms with van der Waals surface area (Å²) in [5, 5.41) is 11.7. The van der Waals surface area contributed by atoms with E-state index in [1.165, 1.54) is 18.0 Å². The van der Waals surface area contributed by atoms with Gasteiger partial charge in [0.05, 0.1) is 15.6 Å². The molecule has 21 heavy (non-hydrogen) atoms. The van der Waals surface area contributed by atoms with Crippen LogP contribution in [0.1, 0.15) is 16.8 Å². The molecule has 0 fully saturated rings. The Bertz CT molecular complexity index is 687. The number of benzene rings is 1. The lowest BCUT2D eigenvalue weighted by Gasteiger charge is -2.09. The van der Waals surface area contributed by atoms with Gasteiger partial charge in [-0.25, -0.2) is 0 Å². The molecule has 0 saturated carbocycles. The molecule has 1 heterocycles. The molecule has 0 saturated heterocycles. The maximum Gasteiger partial charge on any atom is 0.278 e. The van der Waals surface area contributed by atoms with Gasteiger partial charge in [0.1, 0.15) is 0 Å². The summed E-state index contributed by atoms with van der Waals surface area (Å²) < 4.78 is 0. The lowest BCUT2D eigenvalue weighted by atomic mass is 10.1. The summed E-state index contributed by atoms with van der Waals surface area (Å²) >= 11 is 7.54. The zero-order valence-corrected chi connectivity index (χ0v) is 13.2. The van der Waals surface area contributed by atoms with Crippen molar-refractivity contribution < 1.29 is 4.92 Å². The number of rotatable bonds is 4. The molecule has 5 nitrogen and oxygen atoms in total. The predicted octanol–water partition coefficient (Wildman–Crippen LogP) is 4.13.